The highest BCUT2D eigenvalue weighted by Gasteiger charge is 2.55. The summed E-state index contributed by atoms with van der Waals surface area (Å²) in [6.07, 6.45) is 5.13. The van der Waals surface area contributed by atoms with Crippen molar-refractivity contribution in [2.75, 3.05) is 18.0 Å². The van der Waals surface area contributed by atoms with E-state index in [9.17, 15) is 0 Å². The quantitative estimate of drug-likeness (QED) is 0.538. The van der Waals surface area contributed by atoms with Crippen LogP contribution in [0.5, 0.6) is 0 Å². The van der Waals surface area contributed by atoms with Gasteiger partial charge in [0.2, 0.25) is 0 Å². The van der Waals surface area contributed by atoms with Crippen LogP contribution in [0.1, 0.15) is 38.8 Å². The van der Waals surface area contributed by atoms with Gasteiger partial charge in [-0.3, -0.25) is 0 Å². The van der Waals surface area contributed by atoms with E-state index < -0.39 is 6.97 Å². The Balaban J connectivity index is 1.94. The zero-order valence-corrected chi connectivity index (χ0v) is 16.8. The van der Waals surface area contributed by atoms with Crippen LogP contribution in [0.3, 0.4) is 0 Å². The molecule has 3 aliphatic heterocycles. The van der Waals surface area contributed by atoms with Crippen molar-refractivity contribution in [3.63, 3.8) is 0 Å². The number of aromatic nitrogens is 1. The van der Waals surface area contributed by atoms with Crippen molar-refractivity contribution in [3.8, 4) is 0 Å². The van der Waals surface area contributed by atoms with Crippen LogP contribution in [0.2, 0.25) is 0 Å². The number of halogens is 4. The second-order valence-corrected chi connectivity index (χ2v) is 8.32. The average Bonchev–Trinajstić information content (AvgIpc) is 2.99. The molecule has 0 saturated carbocycles. The maximum Gasteiger partial charge on any atom is 0.738 e. The standard InChI is InChI=1S/C16H18BBr2F2N3/c1-10-14-9-12-8-13(18)16(22-6-4-3-5-7-22)24(12)17(20,21)23(14)11(2)15(10)19/h8-9H,3-7H2,1-2H3. The summed E-state index contributed by atoms with van der Waals surface area (Å²) in [5.41, 5.74) is 2.58. The van der Waals surface area contributed by atoms with E-state index in [1.807, 2.05) is 19.1 Å². The zero-order chi connectivity index (χ0) is 17.2. The van der Waals surface area contributed by atoms with Crippen molar-refractivity contribution >= 4 is 56.4 Å². The van der Waals surface area contributed by atoms with Gasteiger partial charge in [0, 0.05) is 37.4 Å². The fraction of sp³-hybridized carbons (Fsp3) is 0.438. The minimum Gasteiger partial charge on any atom is -0.389 e. The van der Waals surface area contributed by atoms with Gasteiger partial charge < -0.3 is 22.5 Å². The van der Waals surface area contributed by atoms with Gasteiger partial charge in [0.25, 0.3) is 0 Å². The molecule has 0 amide bonds. The zero-order valence-electron chi connectivity index (χ0n) is 13.6. The minimum absolute atomic E-state index is 0.563. The first kappa shape index (κ1) is 16.6. The Hall–Kier alpha value is -0.885. The molecule has 128 valence electrons. The number of hydrogen-bond acceptors (Lipinski definition) is 1. The third kappa shape index (κ3) is 2.14. The Morgan fingerprint density at radius 3 is 2.46 bits per heavy atom. The molecule has 1 aromatic rings. The fourth-order valence-electron chi connectivity index (χ4n) is 4.03. The van der Waals surface area contributed by atoms with E-state index in [1.165, 1.54) is 15.4 Å². The van der Waals surface area contributed by atoms with Crippen LogP contribution >= 0.6 is 31.9 Å². The number of allylic oxidation sites excluding steroid dienone is 2. The second kappa shape index (κ2) is 5.56. The van der Waals surface area contributed by atoms with Crippen LogP contribution in [0, 0.1) is 0 Å². The summed E-state index contributed by atoms with van der Waals surface area (Å²) in [4.78, 5) is 2.09. The monoisotopic (exact) mass is 459 g/mol. The first-order valence-corrected chi connectivity index (χ1v) is 9.82. The lowest BCUT2D eigenvalue weighted by Crippen LogP contribution is -2.51. The topological polar surface area (TPSA) is 11.2 Å². The molecule has 3 nitrogen and oxygen atoms in total. The van der Waals surface area contributed by atoms with Gasteiger partial charge in [-0.05, 0) is 64.1 Å². The van der Waals surface area contributed by atoms with Gasteiger partial charge in [0.1, 0.15) is 5.71 Å². The van der Waals surface area contributed by atoms with Crippen molar-refractivity contribution in [1.29, 1.82) is 0 Å². The average molecular weight is 461 g/mol. The Kier molecular flexibility index (Phi) is 3.84. The molecule has 4 rings (SSSR count). The third-order valence-corrected chi connectivity index (χ3v) is 6.96. The third-order valence-electron chi connectivity index (χ3n) is 5.21. The molecule has 0 N–H and O–H groups in total. The lowest BCUT2D eigenvalue weighted by molar-refractivity contribution is -0.362. The van der Waals surface area contributed by atoms with E-state index in [2.05, 4.69) is 36.8 Å². The van der Waals surface area contributed by atoms with Gasteiger partial charge in [0.05, 0.1) is 14.8 Å². The van der Waals surface area contributed by atoms with E-state index in [1.54, 1.807) is 6.92 Å². The Bertz CT molecular complexity index is 833. The van der Waals surface area contributed by atoms with Crippen LogP contribution in [-0.2, 0) is 0 Å². The Morgan fingerprint density at radius 2 is 1.79 bits per heavy atom. The number of hydrogen-bond donors (Lipinski definition) is 0. The first-order valence-electron chi connectivity index (χ1n) is 8.24. The number of nitrogens with zero attached hydrogens (tertiary/aromatic N) is 3. The summed E-state index contributed by atoms with van der Waals surface area (Å²) in [7, 11) is 0. The molecule has 1 fully saturated rings. The van der Waals surface area contributed by atoms with Crippen LogP contribution < -0.4 is 4.90 Å². The molecule has 1 aromatic heterocycles. The molecule has 0 atom stereocenters. The predicted octanol–water partition coefficient (Wildman–Crippen LogP) is 4.97. The molecule has 1 saturated heterocycles. The van der Waals surface area contributed by atoms with Crippen molar-refractivity contribution in [1.82, 2.24) is 4.48 Å². The maximum atomic E-state index is 15.6. The van der Waals surface area contributed by atoms with Gasteiger partial charge in [0.15, 0.2) is 5.70 Å². The minimum atomic E-state index is -3.93. The smallest absolute Gasteiger partial charge is 0.389 e. The van der Waals surface area contributed by atoms with Crippen molar-refractivity contribution in [2.24, 2.45) is 0 Å². The molecule has 0 bridgehead atoms. The van der Waals surface area contributed by atoms with E-state index in [-0.39, 0.29) is 0 Å². The predicted molar refractivity (Wildman–Crippen MR) is 102 cm³/mol. The summed E-state index contributed by atoms with van der Waals surface area (Å²) in [6, 6.07) is 1.82. The van der Waals surface area contributed by atoms with Crippen molar-refractivity contribution in [2.45, 2.75) is 33.1 Å². The van der Waals surface area contributed by atoms with Crippen molar-refractivity contribution in [3.05, 3.63) is 32.0 Å². The van der Waals surface area contributed by atoms with Crippen LogP contribution in [-0.4, -0.2) is 34.7 Å². The molecular formula is C16H18BBr2F2N3. The van der Waals surface area contributed by atoms with E-state index in [0.717, 1.165) is 40.5 Å². The molecule has 4 heterocycles. The second-order valence-electron chi connectivity index (χ2n) is 6.67. The number of anilines is 1. The summed E-state index contributed by atoms with van der Waals surface area (Å²) in [5, 5.41) is 0. The molecular weight excluding hydrogens is 443 g/mol. The first-order chi connectivity index (χ1) is 11.3. The molecule has 0 radical (unpaired) electrons. The molecule has 0 unspecified atom stereocenters. The number of fused-ring (bicyclic) bond motifs is 2. The SMILES string of the molecule is CC1=C(Br)C(C)=[N+]2C1=Cc1cc(Br)c(N3CCCCC3)n1[B-]2(F)F. The highest BCUT2D eigenvalue weighted by atomic mass is 79.9. The van der Waals surface area contributed by atoms with Gasteiger partial charge >= 0.3 is 6.97 Å². The van der Waals surface area contributed by atoms with Crippen molar-refractivity contribution < 1.29 is 13.1 Å². The lowest BCUT2D eigenvalue weighted by atomic mass is 9.90. The van der Waals surface area contributed by atoms with E-state index in [0.29, 0.717) is 22.9 Å². The molecule has 0 aromatic carbocycles. The maximum absolute atomic E-state index is 15.6. The van der Waals surface area contributed by atoms with E-state index in [4.69, 9.17) is 0 Å². The number of piperidine rings is 1. The largest absolute Gasteiger partial charge is 0.738 e. The Morgan fingerprint density at radius 1 is 1.12 bits per heavy atom. The fourth-order valence-corrected chi connectivity index (χ4v) is 5.10. The van der Waals surface area contributed by atoms with Crippen LogP contribution in [0.4, 0.5) is 14.4 Å². The molecule has 0 aliphatic carbocycles. The summed E-state index contributed by atoms with van der Waals surface area (Å²) in [6.45, 7) is 1.35. The highest BCUT2D eigenvalue weighted by Crippen LogP contribution is 2.43. The number of rotatable bonds is 1. The summed E-state index contributed by atoms with van der Waals surface area (Å²) < 4.78 is 35.1. The molecule has 8 heteroatoms. The summed E-state index contributed by atoms with van der Waals surface area (Å²) >= 11 is 6.99. The van der Waals surface area contributed by atoms with Crippen LogP contribution in [0.15, 0.2) is 26.3 Å². The van der Waals surface area contributed by atoms with Gasteiger partial charge in [-0.2, -0.15) is 0 Å². The van der Waals surface area contributed by atoms with E-state index >= 15 is 8.63 Å². The molecule has 0 spiro atoms. The summed E-state index contributed by atoms with van der Waals surface area (Å²) in [5.74, 6) is 0.610. The normalized spacial score (nSPS) is 22.8. The lowest BCUT2D eigenvalue weighted by Gasteiger charge is -2.36. The van der Waals surface area contributed by atoms with Gasteiger partial charge in [-0.15, -0.1) is 0 Å². The highest BCUT2D eigenvalue weighted by molar-refractivity contribution is 9.12. The Labute approximate surface area is 157 Å². The molecule has 24 heavy (non-hydrogen) atoms. The van der Waals surface area contributed by atoms with Crippen LogP contribution in [0.25, 0.3) is 6.08 Å². The molecule has 3 aliphatic rings. The van der Waals surface area contributed by atoms with Gasteiger partial charge in [-0.1, -0.05) is 0 Å². The van der Waals surface area contributed by atoms with Gasteiger partial charge in [-0.25, -0.2) is 0 Å².